The van der Waals surface area contributed by atoms with Gasteiger partial charge >= 0.3 is 5.69 Å². The van der Waals surface area contributed by atoms with E-state index >= 15 is 0 Å². The third-order valence-electron chi connectivity index (χ3n) is 5.49. The third kappa shape index (κ3) is 3.94. The van der Waals surface area contributed by atoms with E-state index in [4.69, 9.17) is 16.0 Å². The molecule has 1 N–H and O–H groups in total. The highest BCUT2D eigenvalue weighted by atomic mass is 35.5. The number of furan rings is 1. The van der Waals surface area contributed by atoms with Crippen LogP contribution in [0.2, 0.25) is 5.02 Å². The second-order valence-electron chi connectivity index (χ2n) is 7.63. The molecule has 30 heavy (non-hydrogen) atoms. The maximum absolute atomic E-state index is 12.9. The van der Waals surface area contributed by atoms with Crippen LogP contribution in [-0.4, -0.2) is 26.3 Å². The molecule has 0 radical (unpaired) electrons. The first kappa shape index (κ1) is 20.5. The van der Waals surface area contributed by atoms with Crippen LogP contribution in [0.1, 0.15) is 48.1 Å². The van der Waals surface area contributed by atoms with E-state index in [0.29, 0.717) is 48.0 Å². The Bertz CT molecular complexity index is 1130. The van der Waals surface area contributed by atoms with Crippen LogP contribution >= 0.6 is 11.6 Å². The van der Waals surface area contributed by atoms with Gasteiger partial charge in [0, 0.05) is 31.1 Å². The van der Waals surface area contributed by atoms with Gasteiger partial charge < -0.3 is 9.73 Å². The molecular weight excluding hydrogens is 404 g/mol. The van der Waals surface area contributed by atoms with E-state index in [9.17, 15) is 9.59 Å². The molecule has 0 bridgehead atoms. The summed E-state index contributed by atoms with van der Waals surface area (Å²) in [6.45, 7) is 4.98. The number of nitrogens with one attached hydrogen (secondary N) is 1. The number of benzene rings is 1. The monoisotopic (exact) mass is 428 g/mol. The van der Waals surface area contributed by atoms with Gasteiger partial charge in [-0.25, -0.2) is 9.48 Å². The van der Waals surface area contributed by atoms with Gasteiger partial charge in [0.25, 0.3) is 5.91 Å². The van der Waals surface area contributed by atoms with Crippen LogP contribution in [-0.2, 0) is 19.5 Å². The fourth-order valence-corrected chi connectivity index (χ4v) is 4.12. The maximum atomic E-state index is 12.9. The number of halogens is 1. The van der Waals surface area contributed by atoms with E-state index in [1.54, 1.807) is 28.3 Å². The van der Waals surface area contributed by atoms with E-state index in [1.807, 2.05) is 25.1 Å². The van der Waals surface area contributed by atoms with Crippen molar-refractivity contribution in [2.24, 2.45) is 0 Å². The average molecular weight is 429 g/mol. The normalized spacial score (nSPS) is 16.2. The van der Waals surface area contributed by atoms with Crippen molar-refractivity contribution in [2.45, 2.75) is 58.7 Å². The van der Waals surface area contributed by atoms with Crippen molar-refractivity contribution in [3.63, 3.8) is 0 Å². The highest BCUT2D eigenvalue weighted by Gasteiger charge is 2.24. The van der Waals surface area contributed by atoms with Gasteiger partial charge in [-0.15, -0.1) is 0 Å². The number of aryl methyl sites for hydroxylation is 3. The minimum atomic E-state index is -0.178. The molecule has 7 nitrogen and oxygen atoms in total. The number of aromatic nitrogens is 3. The topological polar surface area (TPSA) is 82.1 Å². The molecule has 8 heteroatoms. The summed E-state index contributed by atoms with van der Waals surface area (Å²) in [5.74, 6) is 1.74. The summed E-state index contributed by atoms with van der Waals surface area (Å²) < 4.78 is 9.08. The van der Waals surface area contributed by atoms with Crippen molar-refractivity contribution in [1.82, 2.24) is 19.7 Å². The lowest BCUT2D eigenvalue weighted by Crippen LogP contribution is -2.36. The summed E-state index contributed by atoms with van der Waals surface area (Å²) in [6.07, 6.45) is 2.95. The number of carbonyl (C=O) groups is 1. The van der Waals surface area contributed by atoms with E-state index in [2.05, 4.69) is 10.4 Å². The van der Waals surface area contributed by atoms with Crippen molar-refractivity contribution in [2.75, 3.05) is 0 Å². The van der Waals surface area contributed by atoms with Crippen molar-refractivity contribution in [3.05, 3.63) is 63.0 Å². The summed E-state index contributed by atoms with van der Waals surface area (Å²) in [5, 5.41) is 8.13. The van der Waals surface area contributed by atoms with E-state index < -0.39 is 0 Å². The van der Waals surface area contributed by atoms with Crippen LogP contribution < -0.4 is 11.0 Å². The zero-order valence-electron chi connectivity index (χ0n) is 17.2. The second-order valence-corrected chi connectivity index (χ2v) is 8.04. The zero-order valence-corrected chi connectivity index (χ0v) is 17.9. The lowest BCUT2D eigenvalue weighted by molar-refractivity contribution is 0.0931. The van der Waals surface area contributed by atoms with Gasteiger partial charge in [-0.05, 0) is 44.4 Å². The van der Waals surface area contributed by atoms with Crippen LogP contribution in [0.4, 0.5) is 0 Å². The van der Waals surface area contributed by atoms with Crippen LogP contribution in [0.25, 0.3) is 11.3 Å². The molecule has 4 rings (SSSR count). The molecule has 2 aromatic heterocycles. The summed E-state index contributed by atoms with van der Waals surface area (Å²) in [4.78, 5) is 25.4. The first-order chi connectivity index (χ1) is 14.5. The molecular formula is C22H25ClN4O3. The van der Waals surface area contributed by atoms with Gasteiger partial charge in [0.1, 0.15) is 17.3 Å². The summed E-state index contributed by atoms with van der Waals surface area (Å²) in [6, 6.07) is 9.08. The van der Waals surface area contributed by atoms with Gasteiger partial charge in [-0.1, -0.05) is 30.7 Å². The Balaban J connectivity index is 1.46. The second kappa shape index (κ2) is 8.52. The van der Waals surface area contributed by atoms with Crippen molar-refractivity contribution >= 4 is 17.5 Å². The number of fused-ring (bicyclic) bond motifs is 1. The number of hydrogen-bond acceptors (Lipinski definition) is 4. The Labute approximate surface area is 179 Å². The number of nitrogens with zero attached hydrogens (tertiary/aromatic N) is 3. The number of carbonyl (C=O) groups excluding carboxylic acids is 1. The molecule has 3 aromatic rings. The lowest BCUT2D eigenvalue weighted by atomic mass is 10.1. The Kier molecular flexibility index (Phi) is 5.81. The van der Waals surface area contributed by atoms with Gasteiger partial charge in [0.15, 0.2) is 0 Å². The van der Waals surface area contributed by atoms with Crippen LogP contribution in [0.3, 0.4) is 0 Å². The van der Waals surface area contributed by atoms with Gasteiger partial charge in [0.2, 0.25) is 0 Å². The standard InChI is InChI=1S/C22H25ClN4O3/c1-3-11-27-22(29)26-12-10-15(8-9-20(26)25-27)24-21(28)17-13-19(30-14(17)2)16-6-4-5-7-18(16)23/h4-7,13,15H,3,8-12H2,1-2H3,(H,24,28). The summed E-state index contributed by atoms with van der Waals surface area (Å²) in [7, 11) is 0. The molecule has 1 amide bonds. The van der Waals surface area contributed by atoms with Crippen LogP contribution in [0.15, 0.2) is 39.5 Å². The van der Waals surface area contributed by atoms with Crippen molar-refractivity contribution < 1.29 is 9.21 Å². The fourth-order valence-electron chi connectivity index (χ4n) is 3.89. The molecule has 1 unspecified atom stereocenters. The highest BCUT2D eigenvalue weighted by molar-refractivity contribution is 6.33. The minimum absolute atomic E-state index is 0.0312. The molecule has 1 aliphatic heterocycles. The summed E-state index contributed by atoms with van der Waals surface area (Å²) in [5.41, 5.74) is 1.19. The number of rotatable bonds is 5. The largest absolute Gasteiger partial charge is 0.460 e. The van der Waals surface area contributed by atoms with Gasteiger partial charge in [0.05, 0.1) is 10.6 Å². The quantitative estimate of drug-likeness (QED) is 0.669. The number of hydrogen-bond donors (Lipinski definition) is 1. The molecule has 0 saturated carbocycles. The molecule has 1 atom stereocenters. The Hall–Kier alpha value is -2.80. The molecule has 3 heterocycles. The molecule has 0 fully saturated rings. The minimum Gasteiger partial charge on any atom is -0.460 e. The summed E-state index contributed by atoms with van der Waals surface area (Å²) >= 11 is 6.25. The van der Waals surface area contributed by atoms with E-state index in [-0.39, 0.29) is 17.6 Å². The molecule has 0 saturated heterocycles. The Morgan fingerprint density at radius 2 is 2.13 bits per heavy atom. The lowest BCUT2D eigenvalue weighted by Gasteiger charge is -2.15. The zero-order chi connectivity index (χ0) is 21.3. The predicted molar refractivity (Wildman–Crippen MR) is 115 cm³/mol. The maximum Gasteiger partial charge on any atom is 0.345 e. The van der Waals surface area contributed by atoms with Crippen molar-refractivity contribution in [3.8, 4) is 11.3 Å². The Morgan fingerprint density at radius 1 is 1.33 bits per heavy atom. The molecule has 158 valence electrons. The molecule has 0 spiro atoms. The highest BCUT2D eigenvalue weighted by Crippen LogP contribution is 2.31. The van der Waals surface area contributed by atoms with Gasteiger partial charge in [-0.2, -0.15) is 5.10 Å². The third-order valence-corrected chi connectivity index (χ3v) is 5.82. The van der Waals surface area contributed by atoms with Crippen LogP contribution in [0.5, 0.6) is 0 Å². The fraction of sp³-hybridized carbons (Fsp3) is 0.409. The first-order valence-electron chi connectivity index (χ1n) is 10.3. The van der Waals surface area contributed by atoms with Gasteiger partial charge in [-0.3, -0.25) is 9.36 Å². The Morgan fingerprint density at radius 3 is 2.90 bits per heavy atom. The van der Waals surface area contributed by atoms with Crippen molar-refractivity contribution in [1.29, 1.82) is 0 Å². The first-order valence-corrected chi connectivity index (χ1v) is 10.7. The number of amides is 1. The average Bonchev–Trinajstić information content (AvgIpc) is 3.17. The van der Waals surface area contributed by atoms with Crippen LogP contribution in [0, 0.1) is 6.92 Å². The molecule has 1 aromatic carbocycles. The smallest absolute Gasteiger partial charge is 0.345 e. The van der Waals surface area contributed by atoms with E-state index in [1.165, 1.54) is 0 Å². The molecule has 1 aliphatic rings. The van der Waals surface area contributed by atoms with E-state index in [0.717, 1.165) is 24.2 Å². The molecule has 0 aliphatic carbocycles. The SMILES string of the molecule is CCCn1nc2n(c1=O)CCC(NC(=O)c1cc(-c3ccccc3Cl)oc1C)CC2. The predicted octanol–water partition coefficient (Wildman–Crippen LogP) is 3.81.